The lowest BCUT2D eigenvalue weighted by Crippen LogP contribution is -2.66. The zero-order chi connectivity index (χ0) is 26.8. The van der Waals surface area contributed by atoms with Gasteiger partial charge in [-0.05, 0) is 90.9 Å². The lowest BCUT2D eigenvalue weighted by atomic mass is 9.34. The summed E-state index contributed by atoms with van der Waals surface area (Å²) < 4.78 is 11.2. The molecule has 1 heterocycles. The molecule has 202 valence electrons. The van der Waals surface area contributed by atoms with E-state index in [1.165, 1.54) is 18.2 Å². The molecule has 5 aliphatic rings. The molecule has 37 heavy (non-hydrogen) atoms. The number of methoxy groups -OCH3 is 1. The fraction of sp³-hybridized carbons (Fsp3) is 0.781. The second-order valence-corrected chi connectivity index (χ2v) is 15.4. The summed E-state index contributed by atoms with van der Waals surface area (Å²) in [6.45, 7) is 16.5. The van der Waals surface area contributed by atoms with Crippen molar-refractivity contribution in [3.8, 4) is 0 Å². The SMILES string of the molecule is COC(=O)C12CCC(C)(C)CC1C1C(=O)C=C3[C@@]4(C)Cc5cnoc5C(C)(C)C4CC[C@@]3(C)[C@]1(C)CC2. The summed E-state index contributed by atoms with van der Waals surface area (Å²) in [5, 5.41) is 4.19. The predicted molar refractivity (Wildman–Crippen MR) is 142 cm³/mol. The van der Waals surface area contributed by atoms with Crippen molar-refractivity contribution in [2.24, 2.45) is 44.8 Å². The van der Waals surface area contributed by atoms with E-state index >= 15 is 0 Å². The highest BCUT2D eigenvalue weighted by Crippen LogP contribution is 2.74. The molecule has 1 aromatic rings. The highest BCUT2D eigenvalue weighted by molar-refractivity contribution is 5.96. The molecule has 5 heteroatoms. The summed E-state index contributed by atoms with van der Waals surface area (Å²) in [6, 6.07) is 0. The smallest absolute Gasteiger partial charge is 0.312 e. The highest BCUT2D eigenvalue weighted by Gasteiger charge is 2.71. The number of carbonyl (C=O) groups excluding carboxylic acids is 2. The maximum absolute atomic E-state index is 14.5. The van der Waals surface area contributed by atoms with E-state index < -0.39 is 5.41 Å². The van der Waals surface area contributed by atoms with Crippen LogP contribution in [0.25, 0.3) is 0 Å². The third-order valence-corrected chi connectivity index (χ3v) is 12.9. The van der Waals surface area contributed by atoms with Crippen LogP contribution in [0.1, 0.15) is 105 Å². The Bertz CT molecular complexity index is 1210. The van der Waals surface area contributed by atoms with Crippen molar-refractivity contribution in [3.05, 3.63) is 29.2 Å². The Morgan fingerprint density at radius 3 is 2.43 bits per heavy atom. The number of allylic oxidation sites excluding steroid dienone is 2. The third-order valence-electron chi connectivity index (χ3n) is 12.9. The Balaban J connectivity index is 1.51. The maximum atomic E-state index is 14.5. The van der Waals surface area contributed by atoms with Crippen molar-refractivity contribution >= 4 is 11.8 Å². The van der Waals surface area contributed by atoms with Gasteiger partial charge in [-0.2, -0.15) is 0 Å². The topological polar surface area (TPSA) is 69.4 Å². The molecule has 0 aromatic carbocycles. The Morgan fingerprint density at radius 1 is 1.03 bits per heavy atom. The summed E-state index contributed by atoms with van der Waals surface area (Å²) >= 11 is 0. The fourth-order valence-electron chi connectivity index (χ4n) is 10.9. The number of rotatable bonds is 1. The molecule has 0 N–H and O–H groups in total. The van der Waals surface area contributed by atoms with Gasteiger partial charge in [0.2, 0.25) is 0 Å². The van der Waals surface area contributed by atoms with Crippen LogP contribution in [0.5, 0.6) is 0 Å². The normalized spacial score (nSPS) is 45.4. The number of carbonyl (C=O) groups is 2. The summed E-state index contributed by atoms with van der Waals surface area (Å²) in [5.74, 6) is 1.46. The largest absolute Gasteiger partial charge is 0.469 e. The van der Waals surface area contributed by atoms with Crippen LogP contribution in [0.4, 0.5) is 0 Å². The quantitative estimate of drug-likeness (QED) is 0.389. The lowest BCUT2D eigenvalue weighted by molar-refractivity contribution is -0.191. The van der Waals surface area contributed by atoms with Crippen LogP contribution in [0.2, 0.25) is 0 Å². The van der Waals surface area contributed by atoms with Crippen LogP contribution in [0, 0.1) is 44.8 Å². The third kappa shape index (κ3) is 2.95. The molecular formula is C32H45NO4. The molecule has 3 saturated carbocycles. The molecule has 0 saturated heterocycles. The first-order valence-corrected chi connectivity index (χ1v) is 14.5. The molecule has 5 nitrogen and oxygen atoms in total. The number of ether oxygens (including phenoxy) is 1. The number of hydrogen-bond acceptors (Lipinski definition) is 5. The molecule has 5 aliphatic carbocycles. The monoisotopic (exact) mass is 507 g/mol. The molecule has 0 amide bonds. The van der Waals surface area contributed by atoms with E-state index in [1.54, 1.807) is 0 Å². The van der Waals surface area contributed by atoms with Gasteiger partial charge < -0.3 is 9.26 Å². The van der Waals surface area contributed by atoms with Gasteiger partial charge in [0.05, 0.1) is 18.7 Å². The van der Waals surface area contributed by atoms with Crippen molar-refractivity contribution in [2.45, 2.75) is 105 Å². The number of fused-ring (bicyclic) bond motifs is 8. The summed E-state index contributed by atoms with van der Waals surface area (Å²) in [7, 11) is 1.52. The Kier molecular flexibility index (Phi) is 5.06. The van der Waals surface area contributed by atoms with Crippen LogP contribution in [0.15, 0.2) is 22.4 Å². The average molecular weight is 508 g/mol. The zero-order valence-corrected chi connectivity index (χ0v) is 24.1. The highest BCUT2D eigenvalue weighted by atomic mass is 16.5. The van der Waals surface area contributed by atoms with Gasteiger partial charge in [-0.25, -0.2) is 0 Å². The van der Waals surface area contributed by atoms with E-state index in [0.29, 0.717) is 5.92 Å². The molecule has 4 unspecified atom stereocenters. The van der Waals surface area contributed by atoms with Gasteiger partial charge in [0, 0.05) is 16.9 Å². The maximum Gasteiger partial charge on any atom is 0.312 e. The Hall–Kier alpha value is -1.91. The van der Waals surface area contributed by atoms with Crippen LogP contribution >= 0.6 is 0 Å². The number of ketones is 1. The van der Waals surface area contributed by atoms with Gasteiger partial charge in [0.15, 0.2) is 5.78 Å². The minimum absolute atomic E-state index is 0.0302. The second-order valence-electron chi connectivity index (χ2n) is 15.4. The fourth-order valence-corrected chi connectivity index (χ4v) is 10.9. The Labute approximate surface area is 222 Å². The van der Waals surface area contributed by atoms with E-state index in [-0.39, 0.29) is 50.7 Å². The van der Waals surface area contributed by atoms with Gasteiger partial charge in [0.25, 0.3) is 0 Å². The van der Waals surface area contributed by atoms with Crippen LogP contribution in [-0.4, -0.2) is 24.0 Å². The van der Waals surface area contributed by atoms with Crippen LogP contribution in [0.3, 0.4) is 0 Å². The van der Waals surface area contributed by atoms with Crippen LogP contribution < -0.4 is 0 Å². The Morgan fingerprint density at radius 2 is 1.73 bits per heavy atom. The van der Waals surface area contributed by atoms with Crippen LogP contribution in [-0.2, 0) is 26.2 Å². The number of hydrogen-bond donors (Lipinski definition) is 0. The lowest BCUT2D eigenvalue weighted by Gasteiger charge is -2.69. The van der Waals surface area contributed by atoms with Crippen molar-refractivity contribution in [2.75, 3.05) is 7.11 Å². The zero-order valence-electron chi connectivity index (χ0n) is 24.1. The van der Waals surface area contributed by atoms with Crippen molar-refractivity contribution in [1.29, 1.82) is 0 Å². The molecule has 3 fully saturated rings. The number of aromatic nitrogens is 1. The second kappa shape index (κ2) is 7.39. The van der Waals surface area contributed by atoms with E-state index in [9.17, 15) is 9.59 Å². The summed E-state index contributed by atoms with van der Waals surface area (Å²) in [5.41, 5.74) is 1.59. The van der Waals surface area contributed by atoms with Gasteiger partial charge in [0.1, 0.15) is 5.76 Å². The van der Waals surface area contributed by atoms with Gasteiger partial charge >= 0.3 is 5.97 Å². The van der Waals surface area contributed by atoms with Gasteiger partial charge in [-0.15, -0.1) is 0 Å². The molecular weight excluding hydrogens is 462 g/mol. The molecule has 0 aliphatic heterocycles. The van der Waals surface area contributed by atoms with E-state index in [0.717, 1.165) is 57.1 Å². The minimum atomic E-state index is -0.531. The molecule has 1 aromatic heterocycles. The molecule has 6 rings (SSSR count). The first-order valence-electron chi connectivity index (χ1n) is 14.5. The van der Waals surface area contributed by atoms with Gasteiger partial charge in [-0.3, -0.25) is 9.59 Å². The van der Waals surface area contributed by atoms with E-state index in [4.69, 9.17) is 9.26 Å². The molecule has 7 atom stereocenters. The number of nitrogens with zero attached hydrogens (tertiary/aromatic N) is 1. The first-order chi connectivity index (χ1) is 17.2. The van der Waals surface area contributed by atoms with Crippen molar-refractivity contribution in [1.82, 2.24) is 5.16 Å². The van der Waals surface area contributed by atoms with Crippen molar-refractivity contribution < 1.29 is 18.8 Å². The summed E-state index contributed by atoms with van der Waals surface area (Å²) in [4.78, 5) is 27.9. The summed E-state index contributed by atoms with van der Waals surface area (Å²) in [6.07, 6.45) is 11.5. The molecule has 0 radical (unpaired) electrons. The average Bonchev–Trinajstić information content (AvgIpc) is 3.28. The standard InChI is InChI=1S/C32H45NO4/c1-27(2)11-13-32(26(35)36-8)14-12-31(7)24(20(32)17-27)21(34)15-23-29(5)16-19-18-33-37-25(19)28(3,4)22(29)9-10-30(23,31)6/h15,18,20,22,24H,9-14,16-17H2,1-8H3/t20?,22?,24?,29-,30+,31+,32?/m0/s1. The predicted octanol–water partition coefficient (Wildman–Crippen LogP) is 6.84. The molecule has 0 spiro atoms. The molecule has 0 bridgehead atoms. The number of esters is 1. The van der Waals surface area contributed by atoms with Crippen molar-refractivity contribution in [3.63, 3.8) is 0 Å². The first kappa shape index (κ1) is 25.4. The van der Waals surface area contributed by atoms with E-state index in [1.807, 2.05) is 6.20 Å². The van der Waals surface area contributed by atoms with Gasteiger partial charge in [-0.1, -0.05) is 59.2 Å². The minimum Gasteiger partial charge on any atom is -0.469 e. The van der Waals surface area contributed by atoms with E-state index in [2.05, 4.69) is 59.7 Å².